The lowest BCUT2D eigenvalue weighted by molar-refractivity contribution is -0.129. The van der Waals surface area contributed by atoms with Gasteiger partial charge in [0.05, 0.1) is 6.04 Å². The first-order valence-electron chi connectivity index (χ1n) is 9.19. The van der Waals surface area contributed by atoms with Gasteiger partial charge in [-0.05, 0) is 42.0 Å². The molecule has 3 atom stereocenters. The molecule has 0 saturated heterocycles. The minimum atomic E-state index is -0.374. The van der Waals surface area contributed by atoms with Crippen molar-refractivity contribution < 1.29 is 9.59 Å². The van der Waals surface area contributed by atoms with Gasteiger partial charge in [0.25, 0.3) is 0 Å². The molecule has 0 aliphatic carbocycles. The molecular formula is C22H29NO2. The Morgan fingerprint density at radius 1 is 1.04 bits per heavy atom. The number of rotatable bonds is 8. The molecule has 2 aromatic carbocycles. The summed E-state index contributed by atoms with van der Waals surface area (Å²) in [4.78, 5) is 24.4. The molecular weight excluding hydrogens is 310 g/mol. The molecule has 0 bridgehead atoms. The molecule has 0 spiro atoms. The van der Waals surface area contributed by atoms with Crippen LogP contribution in [0.5, 0.6) is 0 Å². The van der Waals surface area contributed by atoms with Gasteiger partial charge in [0, 0.05) is 5.92 Å². The van der Waals surface area contributed by atoms with Crippen molar-refractivity contribution in [3.8, 4) is 0 Å². The van der Waals surface area contributed by atoms with Crippen LogP contribution in [0.3, 0.4) is 0 Å². The van der Waals surface area contributed by atoms with Crippen molar-refractivity contribution >= 4 is 22.5 Å². The number of fused-ring (bicyclic) bond motifs is 1. The first-order valence-corrected chi connectivity index (χ1v) is 9.19. The molecule has 25 heavy (non-hydrogen) atoms. The number of amides is 1. The molecule has 2 rings (SSSR count). The molecule has 3 heteroatoms. The van der Waals surface area contributed by atoms with Crippen molar-refractivity contribution in [3.05, 3.63) is 48.0 Å². The summed E-state index contributed by atoms with van der Waals surface area (Å²) in [7, 11) is 0. The highest BCUT2D eigenvalue weighted by Gasteiger charge is 2.22. The first kappa shape index (κ1) is 19.2. The minimum absolute atomic E-state index is 0.0338. The van der Waals surface area contributed by atoms with Crippen LogP contribution in [0.25, 0.3) is 10.8 Å². The summed E-state index contributed by atoms with van der Waals surface area (Å²) in [6.07, 6.45) is 2.39. The summed E-state index contributed by atoms with van der Waals surface area (Å²) < 4.78 is 0. The fourth-order valence-corrected chi connectivity index (χ4v) is 3.02. The molecule has 1 amide bonds. The Morgan fingerprint density at radius 2 is 1.72 bits per heavy atom. The van der Waals surface area contributed by atoms with Gasteiger partial charge in [0.1, 0.15) is 0 Å². The Bertz CT molecular complexity index is 738. The maximum absolute atomic E-state index is 12.5. The molecule has 0 aromatic heterocycles. The van der Waals surface area contributed by atoms with Crippen molar-refractivity contribution in [1.82, 2.24) is 5.32 Å². The lowest BCUT2D eigenvalue weighted by Gasteiger charge is -2.21. The Labute approximate surface area is 150 Å². The van der Waals surface area contributed by atoms with Crippen LogP contribution in [-0.4, -0.2) is 17.7 Å². The second-order valence-electron chi connectivity index (χ2n) is 7.21. The smallest absolute Gasteiger partial charge is 0.223 e. The minimum Gasteiger partial charge on any atom is -0.346 e. The molecule has 0 saturated carbocycles. The van der Waals surface area contributed by atoms with E-state index in [1.54, 1.807) is 6.92 Å². The van der Waals surface area contributed by atoms with E-state index in [1.165, 1.54) is 10.8 Å². The molecule has 0 aliphatic heterocycles. The van der Waals surface area contributed by atoms with Crippen molar-refractivity contribution in [3.63, 3.8) is 0 Å². The second kappa shape index (κ2) is 8.80. The van der Waals surface area contributed by atoms with E-state index in [-0.39, 0.29) is 23.7 Å². The first-order chi connectivity index (χ1) is 11.9. The summed E-state index contributed by atoms with van der Waals surface area (Å²) in [6.45, 7) is 7.69. The molecule has 0 fully saturated rings. The fraction of sp³-hybridized carbons (Fsp3) is 0.455. The van der Waals surface area contributed by atoms with E-state index in [0.29, 0.717) is 18.8 Å². The molecule has 1 N–H and O–H groups in total. The van der Waals surface area contributed by atoms with E-state index in [2.05, 4.69) is 49.5 Å². The van der Waals surface area contributed by atoms with Crippen LogP contribution in [0.15, 0.2) is 42.5 Å². The van der Waals surface area contributed by atoms with Crippen LogP contribution < -0.4 is 5.32 Å². The third kappa shape index (κ3) is 5.42. The molecule has 3 nitrogen and oxygen atoms in total. The number of hydrogen-bond acceptors (Lipinski definition) is 2. The summed E-state index contributed by atoms with van der Waals surface area (Å²) in [5.74, 6) is 0.244. The van der Waals surface area contributed by atoms with Crippen molar-refractivity contribution in [1.29, 1.82) is 0 Å². The van der Waals surface area contributed by atoms with Crippen LogP contribution in [0.1, 0.15) is 46.1 Å². The number of benzene rings is 2. The quantitative estimate of drug-likeness (QED) is 0.768. The zero-order chi connectivity index (χ0) is 18.4. The van der Waals surface area contributed by atoms with E-state index in [1.807, 2.05) is 19.1 Å². The third-order valence-electron chi connectivity index (χ3n) is 4.95. The van der Waals surface area contributed by atoms with Crippen LogP contribution >= 0.6 is 0 Å². The molecule has 134 valence electrons. The zero-order valence-electron chi connectivity index (χ0n) is 15.7. The highest BCUT2D eigenvalue weighted by atomic mass is 16.2. The van der Waals surface area contributed by atoms with Gasteiger partial charge in [-0.25, -0.2) is 0 Å². The topological polar surface area (TPSA) is 46.2 Å². The van der Waals surface area contributed by atoms with Gasteiger partial charge < -0.3 is 5.32 Å². The maximum atomic E-state index is 12.5. The Balaban J connectivity index is 2.01. The highest BCUT2D eigenvalue weighted by molar-refractivity contribution is 5.88. The van der Waals surface area contributed by atoms with Gasteiger partial charge >= 0.3 is 0 Å². The summed E-state index contributed by atoms with van der Waals surface area (Å²) >= 11 is 0. The SMILES string of the molecule is CC[C@H](C)CC(NC(=O)[C@@H](C)Cc1ccc2ccccc2c1)C(C)=O. The van der Waals surface area contributed by atoms with Crippen LogP contribution in [0.4, 0.5) is 0 Å². The van der Waals surface area contributed by atoms with E-state index in [9.17, 15) is 9.59 Å². The standard InChI is InChI=1S/C22H29NO2/c1-5-15(2)12-21(17(4)24)23-22(25)16(3)13-18-10-11-19-8-6-7-9-20(19)14-18/h6-11,14-16,21H,5,12-13H2,1-4H3,(H,23,25)/t15-,16-,21?/m0/s1. The number of nitrogens with one attached hydrogen (secondary N) is 1. The van der Waals surface area contributed by atoms with Crippen molar-refractivity contribution in [2.45, 2.75) is 53.0 Å². The van der Waals surface area contributed by atoms with E-state index in [0.717, 1.165) is 12.0 Å². The van der Waals surface area contributed by atoms with E-state index >= 15 is 0 Å². The van der Waals surface area contributed by atoms with Gasteiger partial charge in [-0.3, -0.25) is 9.59 Å². The normalized spacial score (nSPS) is 14.7. The number of carbonyl (C=O) groups excluding carboxylic acids is 2. The lowest BCUT2D eigenvalue weighted by atomic mass is 9.95. The van der Waals surface area contributed by atoms with Gasteiger partial charge in [-0.1, -0.05) is 69.7 Å². The monoisotopic (exact) mass is 339 g/mol. The number of ketones is 1. The molecule has 1 unspecified atom stereocenters. The average Bonchev–Trinajstić information content (AvgIpc) is 2.60. The third-order valence-corrected chi connectivity index (χ3v) is 4.95. The van der Waals surface area contributed by atoms with Crippen LogP contribution in [0, 0.1) is 11.8 Å². The van der Waals surface area contributed by atoms with Crippen molar-refractivity contribution in [2.75, 3.05) is 0 Å². The Hall–Kier alpha value is -2.16. The van der Waals surface area contributed by atoms with Gasteiger partial charge in [-0.15, -0.1) is 0 Å². The van der Waals surface area contributed by atoms with Gasteiger partial charge in [-0.2, -0.15) is 0 Å². The van der Waals surface area contributed by atoms with E-state index in [4.69, 9.17) is 0 Å². The van der Waals surface area contributed by atoms with Gasteiger partial charge in [0.15, 0.2) is 5.78 Å². The van der Waals surface area contributed by atoms with Crippen LogP contribution in [-0.2, 0) is 16.0 Å². The Morgan fingerprint density at radius 3 is 2.36 bits per heavy atom. The summed E-state index contributed by atoms with van der Waals surface area (Å²) in [5, 5.41) is 5.34. The Kier molecular flexibility index (Phi) is 6.74. The predicted molar refractivity (Wildman–Crippen MR) is 103 cm³/mol. The number of carbonyl (C=O) groups is 2. The largest absolute Gasteiger partial charge is 0.346 e. The molecule has 0 radical (unpaired) electrons. The van der Waals surface area contributed by atoms with Gasteiger partial charge in [0.2, 0.25) is 5.91 Å². The predicted octanol–water partition coefficient (Wildman–Crippen LogP) is 4.53. The maximum Gasteiger partial charge on any atom is 0.223 e. The number of hydrogen-bond donors (Lipinski definition) is 1. The highest BCUT2D eigenvalue weighted by Crippen LogP contribution is 2.18. The van der Waals surface area contributed by atoms with E-state index < -0.39 is 0 Å². The zero-order valence-corrected chi connectivity index (χ0v) is 15.7. The molecule has 0 heterocycles. The molecule has 0 aliphatic rings. The van der Waals surface area contributed by atoms with Crippen LogP contribution in [0.2, 0.25) is 0 Å². The average molecular weight is 339 g/mol. The summed E-state index contributed by atoms with van der Waals surface area (Å²) in [6, 6.07) is 14.2. The number of Topliss-reactive ketones (excluding diaryl/α,β-unsaturated/α-hetero) is 1. The summed E-state index contributed by atoms with van der Waals surface area (Å²) in [5.41, 5.74) is 1.14. The lowest BCUT2D eigenvalue weighted by Crippen LogP contribution is -2.43. The van der Waals surface area contributed by atoms with Crippen molar-refractivity contribution in [2.24, 2.45) is 11.8 Å². The fourth-order valence-electron chi connectivity index (χ4n) is 3.02. The second-order valence-corrected chi connectivity index (χ2v) is 7.21. The molecule has 2 aromatic rings.